The number of hydrogen-bond acceptors (Lipinski definition) is 8. The first-order chi connectivity index (χ1) is 15.7. The van der Waals surface area contributed by atoms with Crippen molar-refractivity contribution in [2.24, 2.45) is 0 Å². The molecule has 12 heteroatoms. The molecule has 0 saturated heterocycles. The molecule has 9 nitrogen and oxygen atoms in total. The molecule has 1 atom stereocenters. The lowest BCUT2D eigenvalue weighted by Gasteiger charge is -2.21. The topological polar surface area (TPSA) is 149 Å². The minimum Gasteiger partial charge on any atom is -0.382 e. The number of aromatic nitrogens is 4. The molecule has 0 aliphatic rings. The number of hydrogen-bond donors (Lipinski definition) is 3. The van der Waals surface area contributed by atoms with Gasteiger partial charge in [-0.15, -0.1) is 0 Å². The lowest BCUT2D eigenvalue weighted by atomic mass is 10.2. The zero-order valence-electron chi connectivity index (χ0n) is 17.0. The van der Waals surface area contributed by atoms with Gasteiger partial charge in [0.1, 0.15) is 46.1 Å². The third-order valence-corrected chi connectivity index (χ3v) is 4.78. The van der Waals surface area contributed by atoms with Crippen LogP contribution in [0.2, 0.25) is 0 Å². The number of nitrogens with two attached hydrogens (primary N) is 2. The summed E-state index contributed by atoms with van der Waals surface area (Å²) in [7, 11) is 0. The van der Waals surface area contributed by atoms with Gasteiger partial charge >= 0.3 is 0 Å². The lowest BCUT2D eigenvalue weighted by molar-refractivity contribution is 0.579. The van der Waals surface area contributed by atoms with Gasteiger partial charge in [-0.05, 0) is 31.2 Å². The van der Waals surface area contributed by atoms with Crippen LogP contribution >= 0.6 is 0 Å². The smallest absolute Gasteiger partial charge is 0.269 e. The van der Waals surface area contributed by atoms with Crippen molar-refractivity contribution in [2.75, 3.05) is 16.8 Å². The zero-order valence-corrected chi connectivity index (χ0v) is 17.0. The van der Waals surface area contributed by atoms with Gasteiger partial charge in [0.25, 0.3) is 5.56 Å². The summed E-state index contributed by atoms with van der Waals surface area (Å²) in [6.45, 7) is 1.55. The van der Waals surface area contributed by atoms with Gasteiger partial charge in [-0.1, -0.05) is 6.07 Å². The second-order valence-electron chi connectivity index (χ2n) is 7.04. The van der Waals surface area contributed by atoms with Gasteiger partial charge in [0, 0.05) is 6.07 Å². The van der Waals surface area contributed by atoms with Crippen molar-refractivity contribution < 1.29 is 13.2 Å². The molecule has 0 fully saturated rings. The molecule has 2 aromatic carbocycles. The van der Waals surface area contributed by atoms with Crippen LogP contribution in [0.1, 0.15) is 24.4 Å². The van der Waals surface area contributed by atoms with E-state index in [1.54, 1.807) is 6.92 Å². The fraction of sp³-hybridized carbons (Fsp3) is 0.0952. The molecule has 0 amide bonds. The first-order valence-corrected chi connectivity index (χ1v) is 9.47. The van der Waals surface area contributed by atoms with E-state index in [9.17, 15) is 23.2 Å². The Kier molecular flexibility index (Phi) is 5.31. The molecular formula is C21H15F3N8O. The zero-order chi connectivity index (χ0) is 23.9. The van der Waals surface area contributed by atoms with Crippen LogP contribution in [0.25, 0.3) is 16.6 Å². The van der Waals surface area contributed by atoms with Crippen molar-refractivity contribution in [3.05, 3.63) is 75.6 Å². The molecule has 4 aromatic rings. The van der Waals surface area contributed by atoms with Gasteiger partial charge in [-0.2, -0.15) is 15.2 Å². The van der Waals surface area contributed by atoms with Crippen LogP contribution in [0.3, 0.4) is 0 Å². The second kappa shape index (κ2) is 8.12. The van der Waals surface area contributed by atoms with Crippen LogP contribution in [0, 0.1) is 28.8 Å². The van der Waals surface area contributed by atoms with Gasteiger partial charge in [0.2, 0.25) is 5.95 Å². The Hall–Kier alpha value is -4.66. The largest absolute Gasteiger partial charge is 0.382 e. The highest BCUT2D eigenvalue weighted by molar-refractivity contribution is 5.79. The van der Waals surface area contributed by atoms with Crippen LogP contribution in [-0.2, 0) is 0 Å². The van der Waals surface area contributed by atoms with Crippen LogP contribution in [0.15, 0.2) is 41.2 Å². The van der Waals surface area contributed by atoms with Crippen molar-refractivity contribution in [1.29, 1.82) is 5.26 Å². The Morgan fingerprint density at radius 1 is 1.09 bits per heavy atom. The fourth-order valence-corrected chi connectivity index (χ4v) is 3.40. The molecule has 166 valence electrons. The van der Waals surface area contributed by atoms with E-state index >= 15 is 0 Å². The third-order valence-electron chi connectivity index (χ3n) is 4.78. The number of nitriles is 1. The number of halogens is 3. The van der Waals surface area contributed by atoms with Gasteiger partial charge in [-0.3, -0.25) is 9.36 Å². The van der Waals surface area contributed by atoms with Crippen LogP contribution in [0.5, 0.6) is 0 Å². The van der Waals surface area contributed by atoms with E-state index in [0.717, 1.165) is 22.8 Å². The average molecular weight is 452 g/mol. The highest BCUT2D eigenvalue weighted by atomic mass is 19.1. The molecule has 0 bridgehead atoms. The van der Waals surface area contributed by atoms with E-state index in [0.29, 0.717) is 6.07 Å². The standard InChI is InChI=1S/C21H15F3N8O/c1-9(28-18-13(8-25)17(26)30-21(27)31-18)19-29-15-4-2-3-14(24)16(15)20(33)32(19)12-6-10(22)5-11(23)7-12/h2-7,9H,1H3,(H5,26,27,28,30,31). The van der Waals surface area contributed by atoms with E-state index < -0.39 is 29.1 Å². The molecule has 0 saturated carbocycles. The van der Waals surface area contributed by atoms with E-state index in [4.69, 9.17) is 11.5 Å². The number of fused-ring (bicyclic) bond motifs is 1. The number of anilines is 3. The molecule has 33 heavy (non-hydrogen) atoms. The Balaban J connectivity index is 1.97. The second-order valence-corrected chi connectivity index (χ2v) is 7.04. The number of nitrogens with zero attached hydrogens (tertiary/aromatic N) is 5. The van der Waals surface area contributed by atoms with Crippen molar-refractivity contribution in [3.63, 3.8) is 0 Å². The van der Waals surface area contributed by atoms with E-state index in [1.165, 1.54) is 12.1 Å². The summed E-state index contributed by atoms with van der Waals surface area (Å²) in [4.78, 5) is 25.3. The lowest BCUT2D eigenvalue weighted by Crippen LogP contribution is -2.28. The average Bonchev–Trinajstić information content (AvgIpc) is 2.72. The summed E-state index contributed by atoms with van der Waals surface area (Å²) in [5.74, 6) is -3.19. The minimum atomic E-state index is -0.944. The maximum atomic E-state index is 14.5. The molecule has 2 aromatic heterocycles. The molecule has 2 heterocycles. The van der Waals surface area contributed by atoms with Crippen molar-refractivity contribution in [1.82, 2.24) is 19.5 Å². The number of benzene rings is 2. The maximum absolute atomic E-state index is 14.5. The molecular weight excluding hydrogens is 437 g/mol. The molecule has 0 aliphatic heterocycles. The SMILES string of the molecule is CC(Nc1nc(N)nc(N)c1C#N)c1nc2cccc(F)c2c(=O)n1-c1cc(F)cc(F)c1. The van der Waals surface area contributed by atoms with E-state index in [1.807, 2.05) is 6.07 Å². The molecule has 0 spiro atoms. The molecule has 0 aliphatic carbocycles. The Labute approximate surface area is 184 Å². The minimum absolute atomic E-state index is 0.0268. The number of rotatable bonds is 4. The highest BCUT2D eigenvalue weighted by Crippen LogP contribution is 2.26. The Bertz CT molecular complexity index is 1490. The van der Waals surface area contributed by atoms with Crippen LogP contribution < -0.4 is 22.3 Å². The van der Waals surface area contributed by atoms with Crippen LogP contribution in [0.4, 0.5) is 30.8 Å². The van der Waals surface area contributed by atoms with Crippen molar-refractivity contribution in [3.8, 4) is 11.8 Å². The van der Waals surface area contributed by atoms with Crippen LogP contribution in [-0.4, -0.2) is 19.5 Å². The van der Waals surface area contributed by atoms with E-state index in [2.05, 4.69) is 20.3 Å². The maximum Gasteiger partial charge on any atom is 0.269 e. The summed E-state index contributed by atoms with van der Waals surface area (Å²) in [6, 6.07) is 7.30. The summed E-state index contributed by atoms with van der Waals surface area (Å²) in [6.07, 6.45) is 0. The Morgan fingerprint density at radius 3 is 2.45 bits per heavy atom. The molecule has 5 N–H and O–H groups in total. The monoisotopic (exact) mass is 452 g/mol. The molecule has 1 unspecified atom stereocenters. The molecule has 4 rings (SSSR count). The Morgan fingerprint density at radius 2 is 1.79 bits per heavy atom. The highest BCUT2D eigenvalue weighted by Gasteiger charge is 2.22. The number of nitrogen functional groups attached to an aromatic ring is 2. The van der Waals surface area contributed by atoms with Crippen molar-refractivity contribution in [2.45, 2.75) is 13.0 Å². The van der Waals surface area contributed by atoms with Gasteiger partial charge in [0.15, 0.2) is 5.82 Å². The summed E-state index contributed by atoms with van der Waals surface area (Å²) < 4.78 is 43.3. The molecule has 0 radical (unpaired) electrons. The van der Waals surface area contributed by atoms with Gasteiger partial charge in [-0.25, -0.2) is 18.2 Å². The van der Waals surface area contributed by atoms with Gasteiger partial charge in [0.05, 0.1) is 17.2 Å². The van der Waals surface area contributed by atoms with Gasteiger partial charge < -0.3 is 16.8 Å². The summed E-state index contributed by atoms with van der Waals surface area (Å²) in [5.41, 5.74) is 10.2. The predicted molar refractivity (Wildman–Crippen MR) is 115 cm³/mol. The summed E-state index contributed by atoms with van der Waals surface area (Å²) in [5, 5.41) is 11.9. The number of nitrogens with one attached hydrogen (secondary N) is 1. The first-order valence-electron chi connectivity index (χ1n) is 9.47. The fourth-order valence-electron chi connectivity index (χ4n) is 3.40. The first kappa shape index (κ1) is 21.6. The normalized spacial score (nSPS) is 11.8. The quantitative estimate of drug-likeness (QED) is 0.428. The van der Waals surface area contributed by atoms with E-state index in [-0.39, 0.29) is 45.6 Å². The van der Waals surface area contributed by atoms with Crippen molar-refractivity contribution >= 4 is 28.5 Å². The predicted octanol–water partition coefficient (Wildman–Crippen LogP) is 2.80. The third kappa shape index (κ3) is 3.87. The summed E-state index contributed by atoms with van der Waals surface area (Å²) >= 11 is 0.